The molecule has 2 atom stereocenters. The van der Waals surface area contributed by atoms with Crippen LogP contribution in [0.5, 0.6) is 0 Å². The van der Waals surface area contributed by atoms with Gasteiger partial charge in [-0.05, 0) is 31.7 Å². The maximum atomic E-state index is 12.5. The molecule has 0 bridgehead atoms. The Labute approximate surface area is 152 Å². The van der Waals surface area contributed by atoms with Crippen molar-refractivity contribution in [2.75, 3.05) is 20.1 Å². The number of carbonyl (C=O) groups is 1. The minimum Gasteiger partial charge on any atom is -0.342 e. The summed E-state index contributed by atoms with van der Waals surface area (Å²) < 4.78 is 2.22. The molecule has 0 spiro atoms. The number of benzene rings is 1. The van der Waals surface area contributed by atoms with Gasteiger partial charge in [-0.3, -0.25) is 9.46 Å². The largest absolute Gasteiger partial charge is 0.342 e. The van der Waals surface area contributed by atoms with E-state index in [0.29, 0.717) is 5.91 Å². The van der Waals surface area contributed by atoms with E-state index >= 15 is 0 Å². The standard InChI is InChI=1S/C16H25N2OP.2C2H6/c1-13(12-14-6-4-3-5-7-14)17(2)16(19)15-8-10-18(20)11-9-15;2*1-2/h3-7,13,15H,8-12,20H2,1-2H3;2*1-2H3. The van der Waals surface area contributed by atoms with Crippen molar-refractivity contribution in [2.24, 2.45) is 5.92 Å². The van der Waals surface area contributed by atoms with Crippen molar-refractivity contribution in [3.05, 3.63) is 35.9 Å². The lowest BCUT2D eigenvalue weighted by molar-refractivity contribution is -0.137. The van der Waals surface area contributed by atoms with Gasteiger partial charge in [-0.1, -0.05) is 67.4 Å². The number of rotatable bonds is 4. The molecule has 1 aliphatic rings. The van der Waals surface area contributed by atoms with Gasteiger partial charge < -0.3 is 4.90 Å². The van der Waals surface area contributed by atoms with Crippen molar-refractivity contribution >= 4 is 15.3 Å². The summed E-state index contributed by atoms with van der Waals surface area (Å²) in [7, 11) is 4.68. The van der Waals surface area contributed by atoms with Gasteiger partial charge in [-0.25, -0.2) is 0 Å². The first-order valence-corrected chi connectivity index (χ1v) is 9.90. The van der Waals surface area contributed by atoms with Gasteiger partial charge in [-0.2, -0.15) is 0 Å². The zero-order chi connectivity index (χ0) is 18.5. The highest BCUT2D eigenvalue weighted by Crippen LogP contribution is 2.22. The van der Waals surface area contributed by atoms with E-state index in [1.165, 1.54) is 5.56 Å². The summed E-state index contributed by atoms with van der Waals surface area (Å²) in [5.74, 6) is 0.515. The van der Waals surface area contributed by atoms with E-state index in [4.69, 9.17) is 0 Å². The van der Waals surface area contributed by atoms with Crippen LogP contribution >= 0.6 is 9.39 Å². The van der Waals surface area contributed by atoms with E-state index in [2.05, 4.69) is 45.3 Å². The first-order chi connectivity index (χ1) is 11.6. The molecule has 1 heterocycles. The van der Waals surface area contributed by atoms with Gasteiger partial charge in [0.05, 0.1) is 0 Å². The Hall–Kier alpha value is -0.920. The molecule has 1 amide bonds. The highest BCUT2D eigenvalue weighted by Gasteiger charge is 2.27. The summed E-state index contributed by atoms with van der Waals surface area (Å²) in [6.07, 6.45) is 2.88. The smallest absolute Gasteiger partial charge is 0.225 e. The predicted molar refractivity (Wildman–Crippen MR) is 109 cm³/mol. The number of likely N-dealkylation sites (N-methyl/N-ethyl adjacent to an activating group) is 1. The Morgan fingerprint density at radius 2 is 1.67 bits per heavy atom. The quantitative estimate of drug-likeness (QED) is 0.738. The molecule has 2 rings (SSSR count). The molecule has 0 aliphatic carbocycles. The van der Waals surface area contributed by atoms with E-state index in [1.54, 1.807) is 0 Å². The SMILES string of the molecule is CC.CC.CC(Cc1ccccc1)N(C)C(=O)C1CCN(P)CC1. The van der Waals surface area contributed by atoms with Crippen molar-refractivity contribution in [3.8, 4) is 0 Å². The molecule has 1 saturated heterocycles. The van der Waals surface area contributed by atoms with Crippen molar-refractivity contribution < 1.29 is 4.79 Å². The zero-order valence-electron chi connectivity index (χ0n) is 16.5. The van der Waals surface area contributed by atoms with Gasteiger partial charge in [0, 0.05) is 32.1 Å². The van der Waals surface area contributed by atoms with Crippen LogP contribution in [-0.4, -0.2) is 41.7 Å². The average Bonchev–Trinajstić information content (AvgIpc) is 2.65. The molecular formula is C20H37N2OP. The molecule has 1 fully saturated rings. The molecule has 0 aromatic heterocycles. The van der Waals surface area contributed by atoms with Gasteiger partial charge >= 0.3 is 0 Å². The van der Waals surface area contributed by atoms with Crippen LogP contribution in [0.2, 0.25) is 0 Å². The fourth-order valence-corrected chi connectivity index (χ4v) is 3.04. The molecule has 0 N–H and O–H groups in total. The fourth-order valence-electron chi connectivity index (χ4n) is 2.74. The summed E-state index contributed by atoms with van der Waals surface area (Å²) in [5, 5.41) is 0. The summed E-state index contributed by atoms with van der Waals surface area (Å²) in [4.78, 5) is 14.5. The van der Waals surface area contributed by atoms with Crippen LogP contribution in [0.15, 0.2) is 30.3 Å². The van der Waals surface area contributed by atoms with E-state index in [-0.39, 0.29) is 12.0 Å². The van der Waals surface area contributed by atoms with Crippen LogP contribution in [0.3, 0.4) is 0 Å². The van der Waals surface area contributed by atoms with Gasteiger partial charge in [0.15, 0.2) is 0 Å². The molecule has 0 saturated carbocycles. The van der Waals surface area contributed by atoms with Gasteiger partial charge in [0.2, 0.25) is 5.91 Å². The maximum Gasteiger partial charge on any atom is 0.225 e. The van der Waals surface area contributed by atoms with E-state index in [9.17, 15) is 4.79 Å². The molecule has 0 radical (unpaired) electrons. The minimum absolute atomic E-state index is 0.204. The number of hydrogen-bond acceptors (Lipinski definition) is 2. The van der Waals surface area contributed by atoms with Crippen LogP contribution in [0.4, 0.5) is 0 Å². The van der Waals surface area contributed by atoms with E-state index < -0.39 is 0 Å². The Morgan fingerprint density at radius 1 is 1.17 bits per heavy atom. The Bertz CT molecular complexity index is 431. The van der Waals surface area contributed by atoms with Crippen molar-refractivity contribution in [3.63, 3.8) is 0 Å². The average molecular weight is 353 g/mol. The second-order valence-electron chi connectivity index (χ2n) is 5.80. The Morgan fingerprint density at radius 3 is 2.17 bits per heavy atom. The predicted octanol–water partition coefficient (Wildman–Crippen LogP) is 4.63. The van der Waals surface area contributed by atoms with Crippen LogP contribution in [-0.2, 0) is 11.2 Å². The number of nitrogens with zero attached hydrogens (tertiary/aromatic N) is 2. The topological polar surface area (TPSA) is 23.6 Å². The summed E-state index contributed by atoms with van der Waals surface area (Å²) in [6, 6.07) is 10.6. The summed E-state index contributed by atoms with van der Waals surface area (Å²) in [6.45, 7) is 12.1. The summed E-state index contributed by atoms with van der Waals surface area (Å²) in [5.41, 5.74) is 1.29. The maximum absolute atomic E-state index is 12.5. The Balaban J connectivity index is 0.00000123. The molecule has 3 nitrogen and oxygen atoms in total. The monoisotopic (exact) mass is 352 g/mol. The van der Waals surface area contributed by atoms with Crippen LogP contribution in [0.1, 0.15) is 53.0 Å². The molecule has 1 aliphatic heterocycles. The molecule has 1 aromatic carbocycles. The van der Waals surface area contributed by atoms with Crippen LogP contribution < -0.4 is 0 Å². The molecule has 24 heavy (non-hydrogen) atoms. The second kappa shape index (κ2) is 13.4. The molecule has 2 unspecified atom stereocenters. The second-order valence-corrected chi connectivity index (χ2v) is 6.53. The lowest BCUT2D eigenvalue weighted by Crippen LogP contribution is -2.43. The number of piperidine rings is 1. The molecular weight excluding hydrogens is 315 g/mol. The minimum atomic E-state index is 0.204. The van der Waals surface area contributed by atoms with E-state index in [0.717, 1.165) is 32.4 Å². The Kier molecular flexibility index (Phi) is 12.9. The summed E-state index contributed by atoms with van der Waals surface area (Å²) >= 11 is 0. The molecule has 4 heteroatoms. The van der Waals surface area contributed by atoms with E-state index in [1.807, 2.05) is 45.7 Å². The lowest BCUT2D eigenvalue weighted by atomic mass is 9.95. The third-order valence-corrected chi connectivity index (χ3v) is 4.78. The van der Waals surface area contributed by atoms with Gasteiger partial charge in [0.25, 0.3) is 0 Å². The van der Waals surface area contributed by atoms with Crippen LogP contribution in [0, 0.1) is 5.92 Å². The van der Waals surface area contributed by atoms with Gasteiger partial charge in [0.1, 0.15) is 0 Å². The third-order valence-electron chi connectivity index (χ3n) is 4.26. The first kappa shape index (κ1) is 23.1. The highest BCUT2D eigenvalue weighted by atomic mass is 31.0. The molecule has 1 aromatic rings. The fraction of sp³-hybridized carbons (Fsp3) is 0.650. The normalized spacial score (nSPS) is 16.1. The number of carbonyl (C=O) groups excluding carboxylic acids is 1. The zero-order valence-corrected chi connectivity index (χ0v) is 17.6. The number of amides is 1. The van der Waals surface area contributed by atoms with Crippen molar-refractivity contribution in [1.29, 1.82) is 0 Å². The van der Waals surface area contributed by atoms with Crippen molar-refractivity contribution in [1.82, 2.24) is 9.57 Å². The van der Waals surface area contributed by atoms with Crippen LogP contribution in [0.25, 0.3) is 0 Å². The highest BCUT2D eigenvalue weighted by molar-refractivity contribution is 7.13. The van der Waals surface area contributed by atoms with Gasteiger partial charge in [-0.15, -0.1) is 0 Å². The third kappa shape index (κ3) is 7.77. The van der Waals surface area contributed by atoms with Crippen molar-refractivity contribution in [2.45, 2.75) is 59.9 Å². The molecule has 138 valence electrons. The lowest BCUT2D eigenvalue weighted by Gasteiger charge is -2.33. The first-order valence-electron chi connectivity index (χ1n) is 9.38. The number of hydrogen-bond donors (Lipinski definition) is 0.